The molecular formula is C30H31N3O5S. The molecule has 0 spiro atoms. The van der Waals surface area contributed by atoms with Gasteiger partial charge in [0.1, 0.15) is 29.6 Å². The van der Waals surface area contributed by atoms with E-state index in [-0.39, 0.29) is 17.3 Å². The van der Waals surface area contributed by atoms with Gasteiger partial charge in [0.15, 0.2) is 0 Å². The van der Waals surface area contributed by atoms with Gasteiger partial charge in [-0.05, 0) is 54.6 Å². The summed E-state index contributed by atoms with van der Waals surface area (Å²) in [4.78, 5) is 3.50. The topological polar surface area (TPSA) is 113 Å². The summed E-state index contributed by atoms with van der Waals surface area (Å²) in [6.07, 6.45) is -0.718. The Balaban J connectivity index is 1.11. The normalized spacial score (nSPS) is 12.6. The predicted octanol–water partition coefficient (Wildman–Crippen LogP) is 4.51. The summed E-state index contributed by atoms with van der Waals surface area (Å²) in [5.74, 6) is 1.05. The van der Waals surface area contributed by atoms with Crippen molar-refractivity contribution in [1.82, 2.24) is 15.0 Å². The van der Waals surface area contributed by atoms with Crippen molar-refractivity contribution >= 4 is 31.8 Å². The Morgan fingerprint density at radius 1 is 0.872 bits per heavy atom. The van der Waals surface area contributed by atoms with Crippen LogP contribution in [0.25, 0.3) is 21.8 Å². The van der Waals surface area contributed by atoms with Crippen LogP contribution in [-0.4, -0.2) is 45.3 Å². The molecule has 202 valence electrons. The molecule has 1 aromatic heterocycles. The number of fused-ring (bicyclic) bond motifs is 3. The quantitative estimate of drug-likeness (QED) is 0.172. The Kier molecular flexibility index (Phi) is 8.13. The Labute approximate surface area is 227 Å². The van der Waals surface area contributed by atoms with Crippen molar-refractivity contribution in [3.63, 3.8) is 0 Å². The number of rotatable bonds is 12. The van der Waals surface area contributed by atoms with Gasteiger partial charge in [0.05, 0.1) is 11.6 Å². The van der Waals surface area contributed by atoms with E-state index in [1.54, 1.807) is 18.2 Å². The average molecular weight is 546 g/mol. The third-order valence-electron chi connectivity index (χ3n) is 6.50. The Hall–Kier alpha value is -3.89. The van der Waals surface area contributed by atoms with E-state index in [1.165, 1.54) is 23.9 Å². The van der Waals surface area contributed by atoms with Crippen LogP contribution in [0.5, 0.6) is 11.5 Å². The molecule has 1 atom stereocenters. The van der Waals surface area contributed by atoms with Crippen LogP contribution in [0, 0.1) is 0 Å². The minimum absolute atomic E-state index is 0.0800. The molecule has 1 unspecified atom stereocenters. The highest BCUT2D eigenvalue weighted by molar-refractivity contribution is 7.89. The summed E-state index contributed by atoms with van der Waals surface area (Å²) in [6, 6.07) is 28.1. The van der Waals surface area contributed by atoms with Crippen LogP contribution in [0.1, 0.15) is 17.2 Å². The minimum atomic E-state index is -3.64. The first-order valence-corrected chi connectivity index (χ1v) is 14.2. The van der Waals surface area contributed by atoms with E-state index >= 15 is 0 Å². The van der Waals surface area contributed by atoms with Gasteiger partial charge in [0, 0.05) is 35.4 Å². The zero-order valence-corrected chi connectivity index (χ0v) is 22.4. The van der Waals surface area contributed by atoms with Crippen molar-refractivity contribution in [2.75, 3.05) is 26.7 Å². The van der Waals surface area contributed by atoms with Crippen LogP contribution in [-0.2, 0) is 16.6 Å². The lowest BCUT2D eigenvalue weighted by Gasteiger charge is -2.15. The van der Waals surface area contributed by atoms with E-state index in [0.717, 1.165) is 27.9 Å². The molecule has 0 aliphatic rings. The summed E-state index contributed by atoms with van der Waals surface area (Å²) < 4.78 is 38.5. The molecule has 8 nitrogen and oxygen atoms in total. The number of para-hydroxylation sites is 2. The van der Waals surface area contributed by atoms with E-state index in [9.17, 15) is 13.5 Å². The summed E-state index contributed by atoms with van der Waals surface area (Å²) in [6.45, 7) is 1.55. The average Bonchev–Trinajstić information content (AvgIpc) is 3.34. The summed E-state index contributed by atoms with van der Waals surface area (Å²) >= 11 is 0. The molecule has 5 aromatic rings. The van der Waals surface area contributed by atoms with Gasteiger partial charge in [-0.2, -0.15) is 0 Å². The van der Waals surface area contributed by atoms with Crippen LogP contribution in [0.3, 0.4) is 0 Å². The highest BCUT2D eigenvalue weighted by Crippen LogP contribution is 2.28. The molecule has 0 bridgehead atoms. The number of H-pyrrole nitrogens is 1. The molecule has 1 heterocycles. The van der Waals surface area contributed by atoms with Crippen LogP contribution >= 0.6 is 0 Å². The standard InChI is InChI=1S/C30H31N3O5S/c1-31-39(35,36)30-12-5-4-11-29(30)38-20-21-7-6-8-22(17-21)28(34)19-32-15-16-37-23-13-14-25-24-9-2-3-10-26(24)33-27(25)18-23/h2-14,17-18,28,31-34H,15-16,19-20H2,1H3. The molecule has 0 aliphatic heterocycles. The molecular weight excluding hydrogens is 514 g/mol. The van der Waals surface area contributed by atoms with Crippen LogP contribution in [0.2, 0.25) is 0 Å². The van der Waals surface area contributed by atoms with Crippen LogP contribution < -0.4 is 19.5 Å². The Morgan fingerprint density at radius 3 is 2.54 bits per heavy atom. The van der Waals surface area contributed by atoms with Crippen molar-refractivity contribution in [3.8, 4) is 11.5 Å². The van der Waals surface area contributed by atoms with Crippen LogP contribution in [0.15, 0.2) is 95.9 Å². The molecule has 0 saturated carbocycles. The number of sulfonamides is 1. The van der Waals surface area contributed by atoms with Gasteiger partial charge < -0.3 is 24.9 Å². The lowest BCUT2D eigenvalue weighted by Crippen LogP contribution is -2.26. The van der Waals surface area contributed by atoms with Gasteiger partial charge >= 0.3 is 0 Å². The van der Waals surface area contributed by atoms with Gasteiger partial charge in [-0.15, -0.1) is 0 Å². The van der Waals surface area contributed by atoms with Gasteiger partial charge in [0.25, 0.3) is 0 Å². The van der Waals surface area contributed by atoms with E-state index in [0.29, 0.717) is 19.7 Å². The SMILES string of the molecule is CNS(=O)(=O)c1ccccc1OCc1cccc(C(O)CNCCOc2ccc3c(c2)[nH]c2ccccc23)c1. The number of aromatic nitrogens is 1. The predicted molar refractivity (Wildman–Crippen MR) is 153 cm³/mol. The van der Waals surface area contributed by atoms with E-state index in [4.69, 9.17) is 9.47 Å². The fourth-order valence-corrected chi connectivity index (χ4v) is 5.34. The maximum Gasteiger partial charge on any atom is 0.243 e. The third kappa shape index (κ3) is 6.23. The minimum Gasteiger partial charge on any atom is -0.492 e. The van der Waals surface area contributed by atoms with Crippen molar-refractivity contribution in [3.05, 3.63) is 102 Å². The number of ether oxygens (including phenoxy) is 2. The lowest BCUT2D eigenvalue weighted by atomic mass is 10.1. The van der Waals surface area contributed by atoms with E-state index in [1.807, 2.05) is 48.5 Å². The van der Waals surface area contributed by atoms with E-state index < -0.39 is 16.1 Å². The number of aliphatic hydroxyl groups excluding tert-OH is 1. The van der Waals surface area contributed by atoms with Gasteiger partial charge in [-0.1, -0.05) is 48.5 Å². The van der Waals surface area contributed by atoms with Crippen molar-refractivity contribution < 1.29 is 23.0 Å². The fourth-order valence-electron chi connectivity index (χ4n) is 4.47. The third-order valence-corrected chi connectivity index (χ3v) is 7.95. The van der Waals surface area contributed by atoms with Crippen molar-refractivity contribution in [1.29, 1.82) is 0 Å². The molecule has 0 fully saturated rings. The zero-order valence-electron chi connectivity index (χ0n) is 21.6. The molecule has 5 rings (SSSR count). The molecule has 9 heteroatoms. The van der Waals surface area contributed by atoms with E-state index in [2.05, 4.69) is 33.2 Å². The largest absolute Gasteiger partial charge is 0.492 e. The molecule has 39 heavy (non-hydrogen) atoms. The Bertz CT molecular complexity index is 1680. The number of aromatic amines is 1. The van der Waals surface area contributed by atoms with Crippen LogP contribution in [0.4, 0.5) is 0 Å². The first-order chi connectivity index (χ1) is 18.9. The second kappa shape index (κ2) is 11.9. The maximum atomic E-state index is 12.2. The molecule has 4 aromatic carbocycles. The monoisotopic (exact) mass is 545 g/mol. The fraction of sp³-hybridized carbons (Fsp3) is 0.200. The first-order valence-electron chi connectivity index (χ1n) is 12.7. The Morgan fingerprint density at radius 2 is 1.67 bits per heavy atom. The number of nitrogens with one attached hydrogen (secondary N) is 3. The van der Waals surface area contributed by atoms with Gasteiger partial charge in [-0.25, -0.2) is 13.1 Å². The number of hydrogen-bond donors (Lipinski definition) is 4. The smallest absolute Gasteiger partial charge is 0.243 e. The maximum absolute atomic E-state index is 12.2. The van der Waals surface area contributed by atoms with Gasteiger partial charge in [-0.3, -0.25) is 0 Å². The van der Waals surface area contributed by atoms with Gasteiger partial charge in [0.2, 0.25) is 10.0 Å². The molecule has 0 aliphatic carbocycles. The summed E-state index contributed by atoms with van der Waals surface area (Å²) in [7, 11) is -2.28. The molecule has 4 N–H and O–H groups in total. The van der Waals surface area contributed by atoms with Crippen molar-refractivity contribution in [2.45, 2.75) is 17.6 Å². The molecule has 0 saturated heterocycles. The number of hydrogen-bond acceptors (Lipinski definition) is 6. The first kappa shape index (κ1) is 26.7. The highest BCUT2D eigenvalue weighted by Gasteiger charge is 2.17. The second-order valence-electron chi connectivity index (χ2n) is 9.13. The zero-order chi connectivity index (χ0) is 27.2. The number of benzene rings is 4. The molecule has 0 amide bonds. The molecule has 0 radical (unpaired) electrons. The highest BCUT2D eigenvalue weighted by atomic mass is 32.2. The second-order valence-corrected chi connectivity index (χ2v) is 11.0. The van der Waals surface area contributed by atoms with Crippen molar-refractivity contribution in [2.24, 2.45) is 0 Å². The lowest BCUT2D eigenvalue weighted by molar-refractivity contribution is 0.171. The summed E-state index contributed by atoms with van der Waals surface area (Å²) in [5, 5.41) is 16.3. The number of aliphatic hydroxyl groups is 1. The summed E-state index contributed by atoms with van der Waals surface area (Å²) in [5.41, 5.74) is 3.69.